The monoisotopic (exact) mass is 596 g/mol. The minimum Gasteiger partial charge on any atom is -0.380 e. The molecule has 0 bridgehead atoms. The first-order valence-electron chi connectivity index (χ1n) is 13.5. The predicted octanol–water partition coefficient (Wildman–Crippen LogP) is 4.63. The average Bonchev–Trinajstić information content (AvgIpc) is 3.75. The number of fused-ring (bicyclic) bond motifs is 1. The molecule has 3 aromatic rings. The molecular weight excluding hydrogens is 573 g/mol. The lowest BCUT2D eigenvalue weighted by atomic mass is 9.78. The summed E-state index contributed by atoms with van der Waals surface area (Å²) in [5.74, 6) is -8.52. The Morgan fingerprint density at radius 2 is 1.55 bits per heavy atom. The number of ether oxygens (including phenoxy) is 1. The van der Waals surface area contributed by atoms with Gasteiger partial charge in [-0.1, -0.05) is 0 Å². The number of nitrogens with one attached hydrogen (secondary N) is 1. The first-order valence-corrected chi connectivity index (χ1v) is 13.5. The van der Waals surface area contributed by atoms with Crippen LogP contribution in [0.3, 0.4) is 0 Å². The number of pyridine rings is 2. The number of carbonyl (C=O) groups excluding carboxylic acids is 1. The van der Waals surface area contributed by atoms with Gasteiger partial charge in [0.2, 0.25) is 5.43 Å². The quantitative estimate of drug-likeness (QED) is 0.421. The van der Waals surface area contributed by atoms with E-state index in [4.69, 9.17) is 4.74 Å². The molecule has 2 saturated carbocycles. The summed E-state index contributed by atoms with van der Waals surface area (Å²) in [5.41, 5.74) is -6.23. The maximum atomic E-state index is 15.3. The number of hydrogen-bond acceptors (Lipinski definition) is 5. The molecule has 2 aromatic heterocycles. The molecule has 1 N–H and O–H groups in total. The van der Waals surface area contributed by atoms with E-state index < -0.39 is 80.4 Å². The zero-order valence-electron chi connectivity index (χ0n) is 21.8. The molecule has 0 atom stereocenters. The Morgan fingerprint density at radius 1 is 0.952 bits per heavy atom. The number of nitrogens with zero attached hydrogens (tertiary/aromatic N) is 3. The van der Waals surface area contributed by atoms with Gasteiger partial charge >= 0.3 is 6.18 Å². The van der Waals surface area contributed by atoms with Crippen LogP contribution in [-0.2, 0) is 4.74 Å². The van der Waals surface area contributed by atoms with Crippen LogP contribution in [0.4, 0.5) is 36.6 Å². The first kappa shape index (κ1) is 27.2. The van der Waals surface area contributed by atoms with Crippen molar-refractivity contribution in [3.05, 3.63) is 63.5 Å². The number of alkyl halides is 3. The van der Waals surface area contributed by atoms with E-state index in [1.807, 2.05) is 0 Å². The summed E-state index contributed by atoms with van der Waals surface area (Å²) in [4.78, 5) is 32.7. The number of carbonyl (C=O) groups is 1. The second-order valence-corrected chi connectivity index (χ2v) is 11.8. The van der Waals surface area contributed by atoms with Gasteiger partial charge in [0, 0.05) is 31.4 Å². The van der Waals surface area contributed by atoms with E-state index >= 15 is 13.2 Å². The molecule has 0 unspecified atom stereocenters. The Bertz CT molecular complexity index is 1670. The van der Waals surface area contributed by atoms with Gasteiger partial charge in [-0.2, -0.15) is 13.2 Å². The van der Waals surface area contributed by atoms with Gasteiger partial charge in [-0.25, -0.2) is 22.5 Å². The van der Waals surface area contributed by atoms with Crippen LogP contribution in [-0.4, -0.2) is 53.5 Å². The Hall–Kier alpha value is -3.68. The molecule has 4 fully saturated rings. The smallest absolute Gasteiger partial charge is 0.380 e. The van der Waals surface area contributed by atoms with Crippen molar-refractivity contribution in [3.8, 4) is 5.69 Å². The second kappa shape index (κ2) is 8.91. The van der Waals surface area contributed by atoms with Crippen LogP contribution in [0.5, 0.6) is 0 Å². The number of amides is 1. The third kappa shape index (κ3) is 4.01. The van der Waals surface area contributed by atoms with E-state index in [9.17, 15) is 27.2 Å². The summed E-state index contributed by atoms with van der Waals surface area (Å²) in [5, 5.41) is 1.47. The Balaban J connectivity index is 1.39. The first-order chi connectivity index (χ1) is 19.8. The highest BCUT2D eigenvalue weighted by Crippen LogP contribution is 2.58. The summed E-state index contributed by atoms with van der Waals surface area (Å²) in [6, 6.07) is 1.46. The lowest BCUT2D eigenvalue weighted by molar-refractivity contribution is -0.207. The van der Waals surface area contributed by atoms with Gasteiger partial charge in [0.15, 0.2) is 28.9 Å². The lowest BCUT2D eigenvalue weighted by Crippen LogP contribution is -2.66. The Labute approximate surface area is 233 Å². The van der Waals surface area contributed by atoms with E-state index in [1.54, 1.807) is 4.90 Å². The molecule has 222 valence electrons. The number of rotatable bonds is 6. The highest BCUT2D eigenvalue weighted by atomic mass is 19.4. The maximum Gasteiger partial charge on any atom is 0.412 e. The van der Waals surface area contributed by atoms with E-state index in [0.717, 1.165) is 6.07 Å². The van der Waals surface area contributed by atoms with E-state index in [0.29, 0.717) is 49.2 Å². The zero-order valence-corrected chi connectivity index (χ0v) is 21.8. The summed E-state index contributed by atoms with van der Waals surface area (Å²) in [6.45, 7) is 1.67. The largest absolute Gasteiger partial charge is 0.412 e. The summed E-state index contributed by atoms with van der Waals surface area (Å²) in [7, 11) is 0. The molecule has 2 aliphatic heterocycles. The average molecular weight is 597 g/mol. The van der Waals surface area contributed by atoms with Crippen LogP contribution >= 0.6 is 0 Å². The van der Waals surface area contributed by atoms with E-state index in [2.05, 4.69) is 10.3 Å². The maximum absolute atomic E-state index is 15.3. The molecule has 7 nitrogen and oxygen atoms in total. The molecule has 2 aliphatic carbocycles. The topological polar surface area (TPSA) is 76.5 Å². The van der Waals surface area contributed by atoms with Crippen LogP contribution in [0.25, 0.3) is 16.7 Å². The van der Waals surface area contributed by atoms with Crippen molar-refractivity contribution in [1.82, 2.24) is 14.9 Å². The van der Waals surface area contributed by atoms with Gasteiger partial charge in [-0.3, -0.25) is 14.2 Å². The van der Waals surface area contributed by atoms with Crippen LogP contribution < -0.4 is 15.6 Å². The minimum absolute atomic E-state index is 0.173. The fraction of sp³-hybridized carbons (Fsp3) is 0.464. The van der Waals surface area contributed by atoms with Crippen molar-refractivity contribution in [3.63, 3.8) is 0 Å². The molecule has 1 spiro atoms. The van der Waals surface area contributed by atoms with E-state index in [-0.39, 0.29) is 36.9 Å². The van der Waals surface area contributed by atoms with Crippen molar-refractivity contribution in [2.24, 2.45) is 17.3 Å². The fourth-order valence-corrected chi connectivity index (χ4v) is 6.42. The molecule has 7 rings (SSSR count). The van der Waals surface area contributed by atoms with Crippen LogP contribution in [0, 0.1) is 40.5 Å². The molecule has 1 aromatic carbocycles. The van der Waals surface area contributed by atoms with Crippen molar-refractivity contribution < 1.29 is 40.3 Å². The highest BCUT2D eigenvalue weighted by molar-refractivity contribution is 5.98. The molecule has 42 heavy (non-hydrogen) atoms. The number of halogens is 7. The standard InChI is InChI=1S/C28H23F7N4O3/c29-15-5-18(30)21(19(31)6-15)39-8-17(25(41)37-27(13-1-2-13,14-3-4-14)28(33,34)35)22(40)16-7-20(32)24(36-23(16)39)38-9-26(10-38)11-42-12-26/h5-8,13-14H,1-4,9-12H2,(H,37,41). The highest BCUT2D eigenvalue weighted by Gasteiger charge is 2.69. The number of aromatic nitrogens is 2. The third-order valence-electron chi connectivity index (χ3n) is 8.78. The van der Waals surface area contributed by atoms with Gasteiger partial charge in [0.25, 0.3) is 5.91 Å². The molecule has 4 heterocycles. The number of benzene rings is 1. The second-order valence-electron chi connectivity index (χ2n) is 11.8. The fourth-order valence-electron chi connectivity index (χ4n) is 6.42. The van der Waals surface area contributed by atoms with Gasteiger partial charge < -0.3 is 15.0 Å². The van der Waals surface area contributed by atoms with Crippen LogP contribution in [0.2, 0.25) is 0 Å². The normalized spacial score (nSPS) is 20.0. The summed E-state index contributed by atoms with van der Waals surface area (Å²) in [6.07, 6.45) is -3.25. The van der Waals surface area contributed by atoms with Gasteiger partial charge in [0.1, 0.15) is 22.6 Å². The molecule has 0 radical (unpaired) electrons. The van der Waals surface area contributed by atoms with Crippen molar-refractivity contribution in [1.29, 1.82) is 0 Å². The Morgan fingerprint density at radius 3 is 2.05 bits per heavy atom. The van der Waals surface area contributed by atoms with Crippen LogP contribution in [0.1, 0.15) is 36.0 Å². The van der Waals surface area contributed by atoms with Crippen molar-refractivity contribution >= 4 is 22.8 Å². The minimum atomic E-state index is -4.83. The Kier molecular flexibility index (Phi) is 5.77. The van der Waals surface area contributed by atoms with Gasteiger partial charge in [0.05, 0.1) is 24.0 Å². The zero-order chi connectivity index (χ0) is 29.8. The van der Waals surface area contributed by atoms with Gasteiger partial charge in [-0.05, 0) is 43.6 Å². The summed E-state index contributed by atoms with van der Waals surface area (Å²) >= 11 is 0. The SMILES string of the molecule is O=C(NC(C1CC1)(C1CC1)C(F)(F)F)c1cn(-c2c(F)cc(F)cc2F)c2nc(N3CC4(COC4)C3)c(F)cc2c1=O. The third-order valence-corrected chi connectivity index (χ3v) is 8.78. The molecular formula is C28H23F7N4O3. The summed E-state index contributed by atoms with van der Waals surface area (Å²) < 4.78 is 108. The molecule has 2 saturated heterocycles. The van der Waals surface area contributed by atoms with Crippen molar-refractivity contribution in [2.45, 2.75) is 37.4 Å². The predicted molar refractivity (Wildman–Crippen MR) is 134 cm³/mol. The van der Waals surface area contributed by atoms with E-state index in [1.165, 1.54) is 0 Å². The molecule has 4 aliphatic rings. The van der Waals surface area contributed by atoms with Crippen molar-refractivity contribution in [2.75, 3.05) is 31.2 Å². The number of hydrogen-bond donors (Lipinski definition) is 1. The lowest BCUT2D eigenvalue weighted by Gasteiger charge is -2.55. The molecule has 14 heteroatoms. The van der Waals surface area contributed by atoms with Gasteiger partial charge in [-0.15, -0.1) is 0 Å². The van der Waals surface area contributed by atoms with Crippen LogP contribution in [0.15, 0.2) is 29.2 Å². The molecule has 1 amide bonds. The number of anilines is 1.